The molecule has 28 heavy (non-hydrogen) atoms. The summed E-state index contributed by atoms with van der Waals surface area (Å²) in [5.74, 6) is 0.232. The predicted octanol–water partition coefficient (Wildman–Crippen LogP) is 3.69. The number of amides is 1. The number of benzene rings is 2. The number of nitrogens with one attached hydrogen (secondary N) is 1. The number of nitrogens with zero attached hydrogens (tertiary/aromatic N) is 2. The Kier molecular flexibility index (Phi) is 5.98. The summed E-state index contributed by atoms with van der Waals surface area (Å²) >= 11 is 6.14. The Bertz CT molecular complexity index is 975. The topological polar surface area (TPSA) is 69.7 Å². The summed E-state index contributed by atoms with van der Waals surface area (Å²) in [6.07, 6.45) is 1.18. The minimum Gasteiger partial charge on any atom is -0.371 e. The molecule has 2 aromatic rings. The zero-order valence-corrected chi connectivity index (χ0v) is 17.7. The van der Waals surface area contributed by atoms with Crippen LogP contribution in [-0.2, 0) is 10.0 Å². The highest BCUT2D eigenvalue weighted by atomic mass is 35.5. The van der Waals surface area contributed by atoms with Gasteiger partial charge in [0.05, 0.1) is 15.5 Å². The number of carbonyl (C=O) groups excluding carboxylic acids is 1. The molecular weight excluding hydrogens is 398 g/mol. The Morgan fingerprint density at radius 2 is 1.86 bits per heavy atom. The molecule has 2 aromatic carbocycles. The lowest BCUT2D eigenvalue weighted by Crippen LogP contribution is -2.23. The van der Waals surface area contributed by atoms with Crippen molar-refractivity contribution in [2.45, 2.75) is 18.2 Å². The molecule has 6 nitrogen and oxygen atoms in total. The highest BCUT2D eigenvalue weighted by Gasteiger charge is 2.21. The van der Waals surface area contributed by atoms with E-state index in [1.165, 1.54) is 38.7 Å². The summed E-state index contributed by atoms with van der Waals surface area (Å²) in [6.45, 7) is 4.31. The summed E-state index contributed by atoms with van der Waals surface area (Å²) in [5.41, 5.74) is 1.86. The van der Waals surface area contributed by atoms with Crippen LogP contribution >= 0.6 is 11.6 Å². The summed E-state index contributed by atoms with van der Waals surface area (Å²) in [5, 5.41) is 2.98. The number of rotatable bonds is 5. The first-order chi connectivity index (χ1) is 13.2. The van der Waals surface area contributed by atoms with Crippen molar-refractivity contribution in [3.8, 4) is 0 Å². The van der Waals surface area contributed by atoms with Gasteiger partial charge >= 0.3 is 0 Å². The molecule has 0 spiro atoms. The van der Waals surface area contributed by atoms with Gasteiger partial charge in [0.15, 0.2) is 0 Å². The van der Waals surface area contributed by atoms with Crippen LogP contribution in [0, 0.1) is 5.92 Å². The van der Waals surface area contributed by atoms with Crippen LogP contribution in [0.25, 0.3) is 0 Å². The molecule has 1 aliphatic rings. The van der Waals surface area contributed by atoms with Crippen molar-refractivity contribution in [3.05, 3.63) is 53.1 Å². The molecule has 0 radical (unpaired) electrons. The summed E-state index contributed by atoms with van der Waals surface area (Å²) < 4.78 is 25.7. The fourth-order valence-electron chi connectivity index (χ4n) is 3.17. The Hall–Kier alpha value is -2.09. The maximum absolute atomic E-state index is 12.7. The first-order valence-electron chi connectivity index (χ1n) is 9.07. The maximum atomic E-state index is 12.7. The van der Waals surface area contributed by atoms with Gasteiger partial charge in [-0.3, -0.25) is 4.79 Å². The molecule has 0 bridgehead atoms. The lowest BCUT2D eigenvalue weighted by atomic mass is 10.2. The van der Waals surface area contributed by atoms with E-state index in [2.05, 4.69) is 17.1 Å². The largest absolute Gasteiger partial charge is 0.371 e. The Morgan fingerprint density at radius 1 is 1.18 bits per heavy atom. The van der Waals surface area contributed by atoms with Crippen LogP contribution in [-0.4, -0.2) is 45.8 Å². The second-order valence-corrected chi connectivity index (χ2v) is 9.83. The number of halogens is 1. The van der Waals surface area contributed by atoms with E-state index in [9.17, 15) is 13.2 Å². The van der Waals surface area contributed by atoms with Crippen LogP contribution in [0.3, 0.4) is 0 Å². The fraction of sp³-hybridized carbons (Fsp3) is 0.350. The van der Waals surface area contributed by atoms with E-state index < -0.39 is 15.9 Å². The minimum atomic E-state index is -3.65. The van der Waals surface area contributed by atoms with Crippen LogP contribution < -0.4 is 10.2 Å². The van der Waals surface area contributed by atoms with Crippen molar-refractivity contribution in [1.82, 2.24) is 4.31 Å². The zero-order valence-electron chi connectivity index (χ0n) is 16.1. The molecule has 0 aliphatic carbocycles. The van der Waals surface area contributed by atoms with E-state index in [4.69, 9.17) is 11.6 Å². The summed E-state index contributed by atoms with van der Waals surface area (Å²) in [4.78, 5) is 15.0. The number of carbonyl (C=O) groups is 1. The standard InChI is InChI=1S/C20H24ClN3O3S/c1-14-10-11-24(13-14)16-6-4-15(5-7-16)22-20(25)18-12-17(8-9-19(18)21)28(26,27)23(2)3/h4-9,12,14H,10-11,13H2,1-3H3,(H,22,25). The van der Waals surface area contributed by atoms with Crippen molar-refractivity contribution >= 4 is 38.9 Å². The van der Waals surface area contributed by atoms with Gasteiger partial charge in [-0.1, -0.05) is 18.5 Å². The van der Waals surface area contributed by atoms with Crippen molar-refractivity contribution < 1.29 is 13.2 Å². The molecule has 1 heterocycles. The third-order valence-corrected chi connectivity index (χ3v) is 7.02. The fourth-order valence-corrected chi connectivity index (χ4v) is 4.31. The van der Waals surface area contributed by atoms with Crippen molar-refractivity contribution in [1.29, 1.82) is 0 Å². The smallest absolute Gasteiger partial charge is 0.257 e. The molecule has 1 aliphatic heterocycles. The third kappa shape index (κ3) is 4.32. The van der Waals surface area contributed by atoms with E-state index in [1.807, 2.05) is 24.3 Å². The average molecular weight is 422 g/mol. The van der Waals surface area contributed by atoms with Crippen LogP contribution in [0.4, 0.5) is 11.4 Å². The van der Waals surface area contributed by atoms with E-state index in [0.717, 1.165) is 23.1 Å². The van der Waals surface area contributed by atoms with Gasteiger partial charge in [-0.15, -0.1) is 0 Å². The summed E-state index contributed by atoms with van der Waals surface area (Å²) in [6, 6.07) is 11.7. The second kappa shape index (κ2) is 8.11. The van der Waals surface area contributed by atoms with Crippen LogP contribution in [0.2, 0.25) is 5.02 Å². The zero-order chi connectivity index (χ0) is 20.5. The summed E-state index contributed by atoms with van der Waals surface area (Å²) in [7, 11) is -0.779. The lowest BCUT2D eigenvalue weighted by molar-refractivity contribution is 0.102. The van der Waals surface area contributed by atoms with Crippen molar-refractivity contribution in [2.24, 2.45) is 5.92 Å². The van der Waals surface area contributed by atoms with E-state index >= 15 is 0 Å². The Morgan fingerprint density at radius 3 is 2.43 bits per heavy atom. The second-order valence-electron chi connectivity index (χ2n) is 7.27. The molecular formula is C20H24ClN3O3S. The molecule has 8 heteroatoms. The quantitative estimate of drug-likeness (QED) is 0.799. The van der Waals surface area contributed by atoms with Gasteiger partial charge in [-0.05, 0) is 54.8 Å². The number of hydrogen-bond donors (Lipinski definition) is 1. The van der Waals surface area contributed by atoms with E-state index in [1.54, 1.807) is 0 Å². The van der Waals surface area contributed by atoms with Gasteiger partial charge in [0.25, 0.3) is 5.91 Å². The number of anilines is 2. The van der Waals surface area contributed by atoms with Crippen LogP contribution in [0.5, 0.6) is 0 Å². The first kappa shape index (κ1) is 20.6. The minimum absolute atomic E-state index is 0.0190. The van der Waals surface area contributed by atoms with Gasteiger partial charge in [0.1, 0.15) is 0 Å². The lowest BCUT2D eigenvalue weighted by Gasteiger charge is -2.18. The number of sulfonamides is 1. The predicted molar refractivity (Wildman–Crippen MR) is 113 cm³/mol. The first-order valence-corrected chi connectivity index (χ1v) is 10.9. The molecule has 3 rings (SSSR count). The van der Waals surface area contributed by atoms with Crippen LogP contribution in [0.1, 0.15) is 23.7 Å². The molecule has 1 unspecified atom stereocenters. The van der Waals surface area contributed by atoms with Crippen LogP contribution in [0.15, 0.2) is 47.4 Å². The van der Waals surface area contributed by atoms with E-state index in [0.29, 0.717) is 11.6 Å². The van der Waals surface area contributed by atoms with Gasteiger partial charge < -0.3 is 10.2 Å². The highest BCUT2D eigenvalue weighted by Crippen LogP contribution is 2.26. The molecule has 1 amide bonds. The molecule has 1 saturated heterocycles. The normalized spacial score (nSPS) is 17.2. The molecule has 0 saturated carbocycles. The van der Waals surface area contributed by atoms with Gasteiger partial charge in [0.2, 0.25) is 10.0 Å². The Balaban J connectivity index is 1.78. The number of hydrogen-bond acceptors (Lipinski definition) is 4. The van der Waals surface area contributed by atoms with Gasteiger partial charge in [-0.25, -0.2) is 12.7 Å². The van der Waals surface area contributed by atoms with Crippen molar-refractivity contribution in [3.63, 3.8) is 0 Å². The molecule has 150 valence electrons. The molecule has 1 N–H and O–H groups in total. The van der Waals surface area contributed by atoms with Gasteiger partial charge in [0, 0.05) is 38.6 Å². The SMILES string of the molecule is CC1CCN(c2ccc(NC(=O)c3cc(S(=O)(=O)N(C)C)ccc3Cl)cc2)C1. The maximum Gasteiger partial charge on any atom is 0.257 e. The van der Waals surface area contributed by atoms with E-state index in [-0.39, 0.29) is 15.5 Å². The van der Waals surface area contributed by atoms with Gasteiger partial charge in [-0.2, -0.15) is 0 Å². The monoisotopic (exact) mass is 421 g/mol. The molecule has 1 fully saturated rings. The molecule has 1 atom stereocenters. The Labute approximate surface area is 171 Å². The average Bonchev–Trinajstić information content (AvgIpc) is 3.08. The molecule has 0 aromatic heterocycles. The van der Waals surface area contributed by atoms with Crippen molar-refractivity contribution in [2.75, 3.05) is 37.4 Å². The highest BCUT2D eigenvalue weighted by molar-refractivity contribution is 7.89. The third-order valence-electron chi connectivity index (χ3n) is 4.88.